The number of carbonyl (C=O) groups is 1. The molecule has 17 heavy (non-hydrogen) atoms. The van der Waals surface area contributed by atoms with E-state index in [1.165, 1.54) is 0 Å². The first-order chi connectivity index (χ1) is 8.27. The molecule has 0 saturated heterocycles. The summed E-state index contributed by atoms with van der Waals surface area (Å²) in [6.07, 6.45) is 2.44. The van der Waals surface area contributed by atoms with Crippen LogP contribution in [0.25, 0.3) is 0 Å². The first-order valence-corrected chi connectivity index (χ1v) is 6.12. The van der Waals surface area contributed by atoms with Gasteiger partial charge in [-0.15, -0.1) is 0 Å². The Bertz CT molecular complexity index is 177. The van der Waals surface area contributed by atoms with Crippen LogP contribution in [0.1, 0.15) is 19.3 Å². The average Bonchev–Trinajstić information content (AvgIpc) is 2.30. The van der Waals surface area contributed by atoms with Gasteiger partial charge in [0, 0.05) is 58.2 Å². The molecule has 0 aliphatic rings. The SMILES string of the molecule is COCCCOCCCOCCCOC(=O)Cl. The number of carbonyl (C=O) groups excluding carboxylic acids is 1. The van der Waals surface area contributed by atoms with Crippen LogP contribution in [0.5, 0.6) is 0 Å². The van der Waals surface area contributed by atoms with Gasteiger partial charge < -0.3 is 18.9 Å². The highest BCUT2D eigenvalue weighted by Crippen LogP contribution is 1.92. The number of rotatable bonds is 12. The van der Waals surface area contributed by atoms with Gasteiger partial charge in [0.2, 0.25) is 0 Å². The van der Waals surface area contributed by atoms with E-state index < -0.39 is 5.43 Å². The van der Waals surface area contributed by atoms with Crippen LogP contribution in [0, 0.1) is 0 Å². The van der Waals surface area contributed by atoms with Crippen molar-refractivity contribution in [1.29, 1.82) is 0 Å². The van der Waals surface area contributed by atoms with Gasteiger partial charge in [0.25, 0.3) is 0 Å². The molecule has 0 unspecified atom stereocenters. The van der Waals surface area contributed by atoms with Crippen LogP contribution in [-0.4, -0.2) is 52.2 Å². The molecule has 0 N–H and O–H groups in total. The first-order valence-electron chi connectivity index (χ1n) is 5.74. The Hall–Kier alpha value is -0.360. The van der Waals surface area contributed by atoms with Crippen LogP contribution in [0.2, 0.25) is 0 Å². The molecule has 0 amide bonds. The number of ether oxygens (including phenoxy) is 4. The van der Waals surface area contributed by atoms with E-state index in [1.807, 2.05) is 0 Å². The van der Waals surface area contributed by atoms with Gasteiger partial charge in [0.15, 0.2) is 0 Å². The van der Waals surface area contributed by atoms with Crippen molar-refractivity contribution < 1.29 is 23.7 Å². The highest BCUT2D eigenvalue weighted by molar-refractivity contribution is 6.61. The predicted molar refractivity (Wildman–Crippen MR) is 64.6 cm³/mol. The summed E-state index contributed by atoms with van der Waals surface area (Å²) in [6.45, 7) is 3.67. The van der Waals surface area contributed by atoms with Gasteiger partial charge >= 0.3 is 5.43 Å². The Balaban J connectivity index is 2.91. The van der Waals surface area contributed by atoms with Crippen molar-refractivity contribution in [2.24, 2.45) is 0 Å². The largest absolute Gasteiger partial charge is 0.454 e. The molecule has 0 saturated carbocycles. The van der Waals surface area contributed by atoms with Gasteiger partial charge in [-0.3, -0.25) is 0 Å². The predicted octanol–water partition coefficient (Wildman–Crippen LogP) is 2.21. The lowest BCUT2D eigenvalue weighted by molar-refractivity contribution is 0.0663. The molecule has 0 aromatic heterocycles. The molecule has 0 heterocycles. The molecule has 0 aromatic carbocycles. The molecule has 0 radical (unpaired) electrons. The third kappa shape index (κ3) is 15.6. The van der Waals surface area contributed by atoms with Crippen LogP contribution in [0.15, 0.2) is 0 Å². The van der Waals surface area contributed by atoms with Crippen molar-refractivity contribution in [3.63, 3.8) is 0 Å². The number of hydrogen-bond donors (Lipinski definition) is 0. The summed E-state index contributed by atoms with van der Waals surface area (Å²) in [6, 6.07) is 0. The normalized spacial score (nSPS) is 10.5. The fraction of sp³-hybridized carbons (Fsp3) is 0.909. The summed E-state index contributed by atoms with van der Waals surface area (Å²) in [5.41, 5.74) is -0.769. The Morgan fingerprint density at radius 2 is 1.35 bits per heavy atom. The molecule has 6 heteroatoms. The molecule has 0 rings (SSSR count). The quantitative estimate of drug-likeness (QED) is 0.401. The van der Waals surface area contributed by atoms with Crippen molar-refractivity contribution in [2.75, 3.05) is 46.8 Å². The maximum Gasteiger partial charge on any atom is 0.403 e. The highest BCUT2D eigenvalue weighted by Gasteiger charge is 1.95. The lowest BCUT2D eigenvalue weighted by Gasteiger charge is -2.05. The standard InChI is InChI=1S/C11H21ClO5/c1-14-5-2-6-15-7-3-8-16-9-4-10-17-11(12)13/h2-10H2,1H3. The third-order valence-corrected chi connectivity index (χ3v) is 1.97. The van der Waals surface area contributed by atoms with Crippen LogP contribution in [-0.2, 0) is 18.9 Å². The molecule has 0 fully saturated rings. The second-order valence-corrected chi connectivity index (χ2v) is 3.67. The van der Waals surface area contributed by atoms with Crippen molar-refractivity contribution in [1.82, 2.24) is 0 Å². The van der Waals surface area contributed by atoms with Crippen LogP contribution >= 0.6 is 11.6 Å². The number of methoxy groups -OCH3 is 1. The van der Waals surface area contributed by atoms with Gasteiger partial charge in [-0.1, -0.05) is 0 Å². The zero-order chi connectivity index (χ0) is 12.8. The second-order valence-electron chi connectivity index (χ2n) is 3.36. The molecule has 102 valence electrons. The minimum absolute atomic E-state index is 0.301. The van der Waals surface area contributed by atoms with E-state index in [4.69, 9.17) is 25.8 Å². The third-order valence-electron chi connectivity index (χ3n) is 1.86. The minimum Gasteiger partial charge on any atom is -0.454 e. The van der Waals surface area contributed by atoms with E-state index >= 15 is 0 Å². The summed E-state index contributed by atoms with van der Waals surface area (Å²) in [5.74, 6) is 0. The zero-order valence-electron chi connectivity index (χ0n) is 10.3. The number of hydrogen-bond acceptors (Lipinski definition) is 5. The van der Waals surface area contributed by atoms with E-state index in [1.54, 1.807) is 7.11 Å². The maximum absolute atomic E-state index is 10.2. The molecular weight excluding hydrogens is 248 g/mol. The minimum atomic E-state index is -0.769. The monoisotopic (exact) mass is 268 g/mol. The average molecular weight is 269 g/mol. The van der Waals surface area contributed by atoms with E-state index in [0.717, 1.165) is 26.1 Å². The zero-order valence-corrected chi connectivity index (χ0v) is 11.0. The van der Waals surface area contributed by atoms with Crippen molar-refractivity contribution in [2.45, 2.75) is 19.3 Å². The Morgan fingerprint density at radius 1 is 0.882 bits per heavy atom. The van der Waals surface area contributed by atoms with Crippen LogP contribution in [0.3, 0.4) is 0 Å². The molecule has 0 aliphatic carbocycles. The van der Waals surface area contributed by atoms with Crippen molar-refractivity contribution in [3.8, 4) is 0 Å². The van der Waals surface area contributed by atoms with E-state index in [-0.39, 0.29) is 0 Å². The highest BCUT2D eigenvalue weighted by atomic mass is 35.5. The van der Waals surface area contributed by atoms with Gasteiger partial charge in [-0.05, 0) is 12.8 Å². The molecular formula is C11H21ClO5. The molecule has 0 spiro atoms. The Labute approximate surface area is 107 Å². The van der Waals surface area contributed by atoms with Gasteiger partial charge in [0.1, 0.15) is 0 Å². The molecule has 0 aromatic rings. The maximum atomic E-state index is 10.2. The van der Waals surface area contributed by atoms with Crippen LogP contribution in [0.4, 0.5) is 4.79 Å². The summed E-state index contributed by atoms with van der Waals surface area (Å²) >= 11 is 4.98. The smallest absolute Gasteiger partial charge is 0.403 e. The van der Waals surface area contributed by atoms with Crippen LogP contribution < -0.4 is 0 Å². The van der Waals surface area contributed by atoms with Gasteiger partial charge in [-0.2, -0.15) is 0 Å². The molecule has 5 nitrogen and oxygen atoms in total. The van der Waals surface area contributed by atoms with E-state index in [2.05, 4.69) is 4.74 Å². The van der Waals surface area contributed by atoms with E-state index in [0.29, 0.717) is 32.8 Å². The summed E-state index contributed by atoms with van der Waals surface area (Å²) in [4.78, 5) is 10.2. The summed E-state index contributed by atoms with van der Waals surface area (Å²) in [7, 11) is 1.68. The molecule has 0 bridgehead atoms. The topological polar surface area (TPSA) is 54.0 Å². The number of halogens is 1. The Kier molecular flexibility index (Phi) is 13.4. The molecule has 0 aliphatic heterocycles. The fourth-order valence-electron chi connectivity index (χ4n) is 1.09. The van der Waals surface area contributed by atoms with Gasteiger partial charge in [0.05, 0.1) is 6.61 Å². The summed E-state index contributed by atoms with van der Waals surface area (Å²) < 4.78 is 20.1. The summed E-state index contributed by atoms with van der Waals surface area (Å²) in [5, 5.41) is 0. The van der Waals surface area contributed by atoms with Crippen molar-refractivity contribution >= 4 is 17.0 Å². The lowest BCUT2D eigenvalue weighted by atomic mass is 10.4. The second kappa shape index (κ2) is 13.7. The van der Waals surface area contributed by atoms with E-state index in [9.17, 15) is 4.79 Å². The fourth-order valence-corrected chi connectivity index (χ4v) is 1.16. The van der Waals surface area contributed by atoms with Crippen molar-refractivity contribution in [3.05, 3.63) is 0 Å². The Morgan fingerprint density at radius 3 is 1.82 bits per heavy atom. The lowest BCUT2D eigenvalue weighted by Crippen LogP contribution is -2.06. The first kappa shape index (κ1) is 16.6. The molecule has 0 atom stereocenters. The van der Waals surface area contributed by atoms with Gasteiger partial charge in [-0.25, -0.2) is 4.79 Å².